The summed E-state index contributed by atoms with van der Waals surface area (Å²) in [5, 5.41) is 0. The Hall–Kier alpha value is -1.25. The fraction of sp³-hybridized carbons (Fsp3) is 0.643. The molecule has 0 bridgehead atoms. The Labute approximate surface area is 104 Å². The molecule has 0 aromatic heterocycles. The summed E-state index contributed by atoms with van der Waals surface area (Å²) in [6.07, 6.45) is 6.19. The molecule has 2 atom stereocenters. The minimum atomic E-state index is -0.454. The van der Waals surface area contributed by atoms with Crippen molar-refractivity contribution in [1.82, 2.24) is 4.90 Å². The van der Waals surface area contributed by atoms with Crippen LogP contribution in [0.5, 0.6) is 0 Å². The van der Waals surface area contributed by atoms with Crippen molar-refractivity contribution < 1.29 is 9.53 Å². The molecule has 0 unspecified atom stereocenters. The number of likely N-dealkylation sites (tertiary alicyclic amines) is 1. The molecule has 0 aromatic rings. The number of ether oxygens (including phenoxy) is 1. The van der Waals surface area contributed by atoms with E-state index in [4.69, 9.17) is 4.74 Å². The van der Waals surface area contributed by atoms with Gasteiger partial charge in [0.15, 0.2) is 0 Å². The SMILES string of the molecule is C=CC[C@@H]1CC[C@H](C=C)N1C(=O)OC(C)(C)C. The lowest BCUT2D eigenvalue weighted by atomic mass is 10.1. The van der Waals surface area contributed by atoms with Crippen LogP contribution in [0.2, 0.25) is 0 Å². The zero-order valence-electron chi connectivity index (χ0n) is 11.1. The number of rotatable bonds is 3. The van der Waals surface area contributed by atoms with Gasteiger partial charge in [-0.1, -0.05) is 12.2 Å². The lowest BCUT2D eigenvalue weighted by Crippen LogP contribution is -2.43. The van der Waals surface area contributed by atoms with Gasteiger partial charge in [-0.3, -0.25) is 4.90 Å². The molecule has 96 valence electrons. The van der Waals surface area contributed by atoms with Crippen LogP contribution in [0.15, 0.2) is 25.3 Å². The highest BCUT2D eigenvalue weighted by Gasteiger charge is 2.36. The Morgan fingerprint density at radius 2 is 2.06 bits per heavy atom. The second kappa shape index (κ2) is 5.39. The molecule has 1 aliphatic heterocycles. The average Bonchev–Trinajstić information content (AvgIpc) is 2.58. The number of nitrogens with zero attached hydrogens (tertiary/aromatic N) is 1. The van der Waals surface area contributed by atoms with Crippen molar-refractivity contribution in [2.75, 3.05) is 0 Å². The summed E-state index contributed by atoms with van der Waals surface area (Å²) in [7, 11) is 0. The highest BCUT2D eigenvalue weighted by Crippen LogP contribution is 2.29. The van der Waals surface area contributed by atoms with Crippen molar-refractivity contribution in [3.63, 3.8) is 0 Å². The van der Waals surface area contributed by atoms with Gasteiger partial charge in [-0.25, -0.2) is 4.79 Å². The summed E-state index contributed by atoms with van der Waals surface area (Å²) in [6.45, 7) is 13.2. The van der Waals surface area contributed by atoms with Crippen molar-refractivity contribution >= 4 is 6.09 Å². The molecular formula is C14H23NO2. The smallest absolute Gasteiger partial charge is 0.411 e. The van der Waals surface area contributed by atoms with E-state index in [0.29, 0.717) is 0 Å². The van der Waals surface area contributed by atoms with E-state index in [0.717, 1.165) is 19.3 Å². The van der Waals surface area contributed by atoms with Gasteiger partial charge in [-0.2, -0.15) is 0 Å². The maximum Gasteiger partial charge on any atom is 0.411 e. The van der Waals surface area contributed by atoms with Gasteiger partial charge in [0, 0.05) is 6.04 Å². The molecule has 1 amide bonds. The first-order valence-corrected chi connectivity index (χ1v) is 6.14. The topological polar surface area (TPSA) is 29.5 Å². The molecule has 0 aromatic carbocycles. The molecule has 0 aliphatic carbocycles. The van der Waals surface area contributed by atoms with Crippen LogP contribution in [0, 0.1) is 0 Å². The molecule has 17 heavy (non-hydrogen) atoms. The summed E-state index contributed by atoms with van der Waals surface area (Å²) in [5.74, 6) is 0. The van der Waals surface area contributed by atoms with Gasteiger partial charge < -0.3 is 4.74 Å². The second-order valence-corrected chi connectivity index (χ2v) is 5.45. The van der Waals surface area contributed by atoms with Crippen LogP contribution in [0.4, 0.5) is 4.79 Å². The van der Waals surface area contributed by atoms with Crippen molar-refractivity contribution in [3.8, 4) is 0 Å². The standard InChI is InChI=1S/C14H23NO2/c1-6-8-12-10-9-11(7-2)15(12)13(16)17-14(3,4)5/h6-7,11-12H,1-2,8-10H2,3-5H3/t11-,12+/m0/s1. The Morgan fingerprint density at radius 1 is 1.41 bits per heavy atom. The molecule has 0 radical (unpaired) electrons. The van der Waals surface area contributed by atoms with Gasteiger partial charge in [0.1, 0.15) is 5.60 Å². The summed E-state index contributed by atoms with van der Waals surface area (Å²) >= 11 is 0. The van der Waals surface area contributed by atoms with Gasteiger partial charge in [0.2, 0.25) is 0 Å². The molecule has 0 saturated carbocycles. The van der Waals surface area contributed by atoms with Gasteiger partial charge in [0.25, 0.3) is 0 Å². The van der Waals surface area contributed by atoms with E-state index in [-0.39, 0.29) is 18.2 Å². The van der Waals surface area contributed by atoms with E-state index >= 15 is 0 Å². The average molecular weight is 237 g/mol. The minimum absolute atomic E-state index is 0.0924. The summed E-state index contributed by atoms with van der Waals surface area (Å²) in [5.41, 5.74) is -0.454. The number of hydrogen-bond donors (Lipinski definition) is 0. The maximum absolute atomic E-state index is 12.1. The third-order valence-corrected chi connectivity index (χ3v) is 2.86. The fourth-order valence-electron chi connectivity index (χ4n) is 2.17. The van der Waals surface area contributed by atoms with Crippen LogP contribution in [-0.4, -0.2) is 28.7 Å². The first-order chi connectivity index (χ1) is 7.89. The highest BCUT2D eigenvalue weighted by molar-refractivity contribution is 5.69. The Balaban J connectivity index is 2.77. The van der Waals surface area contributed by atoms with Crippen LogP contribution in [0.3, 0.4) is 0 Å². The lowest BCUT2D eigenvalue weighted by Gasteiger charge is -2.31. The predicted molar refractivity (Wildman–Crippen MR) is 69.9 cm³/mol. The van der Waals surface area contributed by atoms with E-state index in [1.54, 1.807) is 4.90 Å². The summed E-state index contributed by atoms with van der Waals surface area (Å²) in [6, 6.07) is 0.292. The van der Waals surface area contributed by atoms with E-state index in [1.807, 2.05) is 32.9 Å². The first kappa shape index (κ1) is 13.8. The monoisotopic (exact) mass is 237 g/mol. The van der Waals surface area contributed by atoms with Crippen molar-refractivity contribution in [2.45, 2.75) is 57.7 Å². The molecule has 1 fully saturated rings. The molecule has 1 saturated heterocycles. The van der Waals surface area contributed by atoms with E-state index in [2.05, 4.69) is 13.2 Å². The van der Waals surface area contributed by atoms with Crippen molar-refractivity contribution in [1.29, 1.82) is 0 Å². The van der Waals surface area contributed by atoms with Gasteiger partial charge in [0.05, 0.1) is 6.04 Å². The molecule has 1 heterocycles. The Kier molecular flexibility index (Phi) is 4.38. The van der Waals surface area contributed by atoms with Crippen molar-refractivity contribution in [2.24, 2.45) is 0 Å². The number of carbonyl (C=O) groups excluding carboxylic acids is 1. The third kappa shape index (κ3) is 3.62. The third-order valence-electron chi connectivity index (χ3n) is 2.86. The highest BCUT2D eigenvalue weighted by atomic mass is 16.6. The zero-order chi connectivity index (χ0) is 13.1. The number of amides is 1. The molecule has 3 heteroatoms. The molecule has 3 nitrogen and oxygen atoms in total. The Bertz CT molecular complexity index is 304. The summed E-state index contributed by atoms with van der Waals surface area (Å²) < 4.78 is 5.44. The normalized spacial score (nSPS) is 24.5. The van der Waals surface area contributed by atoms with E-state index in [9.17, 15) is 4.79 Å². The molecule has 1 aliphatic rings. The molecular weight excluding hydrogens is 214 g/mol. The van der Waals surface area contributed by atoms with E-state index < -0.39 is 5.60 Å². The fourth-order valence-corrected chi connectivity index (χ4v) is 2.17. The zero-order valence-corrected chi connectivity index (χ0v) is 11.1. The van der Waals surface area contributed by atoms with Gasteiger partial charge in [-0.15, -0.1) is 13.2 Å². The number of carbonyl (C=O) groups is 1. The summed E-state index contributed by atoms with van der Waals surface area (Å²) in [4.78, 5) is 13.9. The van der Waals surface area contributed by atoms with Crippen LogP contribution >= 0.6 is 0 Å². The quantitative estimate of drug-likeness (QED) is 0.703. The second-order valence-electron chi connectivity index (χ2n) is 5.45. The van der Waals surface area contributed by atoms with Crippen LogP contribution in [0.25, 0.3) is 0 Å². The van der Waals surface area contributed by atoms with Crippen LogP contribution in [0.1, 0.15) is 40.0 Å². The minimum Gasteiger partial charge on any atom is -0.444 e. The predicted octanol–water partition coefficient (Wildman–Crippen LogP) is 3.52. The molecule has 1 rings (SSSR count). The van der Waals surface area contributed by atoms with Gasteiger partial charge in [-0.05, 0) is 40.0 Å². The first-order valence-electron chi connectivity index (χ1n) is 6.14. The van der Waals surface area contributed by atoms with Crippen LogP contribution < -0.4 is 0 Å². The van der Waals surface area contributed by atoms with E-state index in [1.165, 1.54) is 0 Å². The lowest BCUT2D eigenvalue weighted by molar-refractivity contribution is 0.0183. The number of hydrogen-bond acceptors (Lipinski definition) is 2. The van der Waals surface area contributed by atoms with Crippen molar-refractivity contribution in [3.05, 3.63) is 25.3 Å². The maximum atomic E-state index is 12.1. The molecule has 0 spiro atoms. The van der Waals surface area contributed by atoms with Crippen LogP contribution in [-0.2, 0) is 4.74 Å². The van der Waals surface area contributed by atoms with Gasteiger partial charge >= 0.3 is 6.09 Å². The largest absolute Gasteiger partial charge is 0.444 e. The molecule has 0 N–H and O–H groups in total. The Morgan fingerprint density at radius 3 is 2.53 bits per heavy atom.